The second-order valence-electron chi connectivity index (χ2n) is 14.4. The minimum Gasteiger partial charge on any atom is -0.376 e. The summed E-state index contributed by atoms with van der Waals surface area (Å²) in [5.74, 6) is 0.753. The summed E-state index contributed by atoms with van der Waals surface area (Å²) in [7, 11) is -0.311. The molecule has 58 heavy (non-hydrogen) atoms. The van der Waals surface area contributed by atoms with Crippen LogP contribution in [-0.4, -0.2) is 91.7 Å². The molecule has 2 N–H and O–H groups in total. The molecule has 5 aromatic carbocycles. The molecule has 1 atom stereocenters. The molecule has 15 heteroatoms. The molecule has 0 saturated carbocycles. The van der Waals surface area contributed by atoms with Crippen LogP contribution in [-0.2, 0) is 16.6 Å². The molecule has 1 aliphatic rings. The third kappa shape index (κ3) is 10.2. The Morgan fingerprint density at radius 3 is 2.38 bits per heavy atom. The molecule has 300 valence electrons. The molecule has 1 aliphatic heterocycles. The van der Waals surface area contributed by atoms with Gasteiger partial charge in [-0.25, -0.2) is 18.4 Å². The lowest BCUT2D eigenvalue weighted by atomic mass is 9.99. The number of hydrogen-bond donors (Lipinski definition) is 2. The van der Waals surface area contributed by atoms with E-state index in [4.69, 9.17) is 11.6 Å². The summed E-state index contributed by atoms with van der Waals surface area (Å²) in [5.41, 5.74) is 5.08. The van der Waals surface area contributed by atoms with Crippen molar-refractivity contribution in [1.29, 1.82) is 0 Å². The van der Waals surface area contributed by atoms with Gasteiger partial charge in [0.05, 0.1) is 15.3 Å². The molecule has 6 aromatic rings. The van der Waals surface area contributed by atoms with Crippen molar-refractivity contribution in [3.63, 3.8) is 0 Å². The molecule has 1 unspecified atom stereocenters. The monoisotopic (exact) mass is 836 g/mol. The van der Waals surface area contributed by atoms with Crippen molar-refractivity contribution in [2.24, 2.45) is 0 Å². The number of thioether (sulfide) groups is 1. The molecule has 1 aromatic heterocycles. The van der Waals surface area contributed by atoms with Gasteiger partial charge >= 0.3 is 0 Å². The Labute approximate surface area is 348 Å². The molecule has 2 heterocycles. The van der Waals surface area contributed by atoms with Crippen molar-refractivity contribution in [2.75, 3.05) is 67.5 Å². The van der Waals surface area contributed by atoms with E-state index in [0.29, 0.717) is 21.7 Å². The molecule has 0 bridgehead atoms. The first-order chi connectivity index (χ1) is 28.0. The Morgan fingerprint density at radius 2 is 1.64 bits per heavy atom. The number of nitrogens with zero attached hydrogens (tertiary/aromatic N) is 6. The minimum atomic E-state index is -4.26. The maximum Gasteiger partial charge on any atom is 0.293 e. The maximum atomic E-state index is 13.7. The van der Waals surface area contributed by atoms with Crippen LogP contribution >= 0.6 is 23.4 Å². The normalized spacial score (nSPS) is 14.1. The van der Waals surface area contributed by atoms with E-state index in [2.05, 4.69) is 71.1 Å². The number of piperazine rings is 1. The predicted molar refractivity (Wildman–Crippen MR) is 236 cm³/mol. The Kier molecular flexibility index (Phi) is 13.1. The molecule has 12 nitrogen and oxygen atoms in total. The quantitative estimate of drug-likeness (QED) is 0.0552. The van der Waals surface area contributed by atoms with Crippen LogP contribution < -0.4 is 14.9 Å². The van der Waals surface area contributed by atoms with Crippen LogP contribution in [0.5, 0.6) is 0 Å². The highest BCUT2D eigenvalue weighted by Gasteiger charge is 2.25. The highest BCUT2D eigenvalue weighted by molar-refractivity contribution is 7.99. The highest BCUT2D eigenvalue weighted by Crippen LogP contribution is 2.33. The topological polar surface area (TPSA) is 137 Å². The smallest absolute Gasteiger partial charge is 0.293 e. The molecule has 1 fully saturated rings. The first-order valence-corrected chi connectivity index (χ1v) is 21.8. The van der Waals surface area contributed by atoms with E-state index in [-0.39, 0.29) is 28.1 Å². The Hall–Kier alpha value is -5.25. The zero-order valence-corrected chi connectivity index (χ0v) is 34.7. The second kappa shape index (κ2) is 18.6. The minimum absolute atomic E-state index is 0.0901. The van der Waals surface area contributed by atoms with Crippen LogP contribution in [0.2, 0.25) is 5.02 Å². The van der Waals surface area contributed by atoms with Gasteiger partial charge < -0.3 is 15.1 Å². The van der Waals surface area contributed by atoms with E-state index in [0.717, 1.165) is 67.9 Å². The van der Waals surface area contributed by atoms with Crippen molar-refractivity contribution >= 4 is 67.2 Å². The number of rotatable bonds is 16. The van der Waals surface area contributed by atoms with Gasteiger partial charge in [-0.2, -0.15) is 0 Å². The van der Waals surface area contributed by atoms with Gasteiger partial charge in [0.2, 0.25) is 0 Å². The highest BCUT2D eigenvalue weighted by atomic mass is 35.5. The number of sulfonamides is 1. The fraction of sp³-hybridized carbons (Fsp3) is 0.256. The number of nitro groups is 1. The first kappa shape index (κ1) is 40.9. The summed E-state index contributed by atoms with van der Waals surface area (Å²) in [6.45, 7) is 4.95. The molecule has 0 radical (unpaired) electrons. The van der Waals surface area contributed by atoms with Crippen molar-refractivity contribution in [3.05, 3.63) is 142 Å². The zero-order chi connectivity index (χ0) is 40.6. The van der Waals surface area contributed by atoms with Crippen LogP contribution in [0.3, 0.4) is 0 Å². The van der Waals surface area contributed by atoms with Gasteiger partial charge in [-0.1, -0.05) is 66.2 Å². The SMILES string of the molecule is CN(C)CCC(CSc1ccccc1)Nc1ccc(S(=O)(=O)Nc2ncnc3cc(N4CCN(Cc5ccccc5-c5ccc(Cl)cc5)CC4)ccc23)cc1[N+](=O)[O-]. The van der Waals surface area contributed by atoms with Crippen LogP contribution in [0.4, 0.5) is 22.9 Å². The number of anilines is 3. The molecule has 1 saturated heterocycles. The van der Waals surface area contributed by atoms with Crippen LogP contribution in [0.1, 0.15) is 12.0 Å². The number of aromatic nitrogens is 2. The van der Waals surface area contributed by atoms with Gasteiger partial charge in [0.1, 0.15) is 12.0 Å². The molecule has 0 spiro atoms. The van der Waals surface area contributed by atoms with E-state index in [9.17, 15) is 18.5 Å². The predicted octanol–water partition coefficient (Wildman–Crippen LogP) is 8.51. The Balaban J connectivity index is 1.02. The van der Waals surface area contributed by atoms with Gasteiger partial charge in [-0.3, -0.25) is 19.7 Å². The zero-order valence-electron chi connectivity index (χ0n) is 32.3. The van der Waals surface area contributed by atoms with E-state index >= 15 is 0 Å². The van der Waals surface area contributed by atoms with Gasteiger partial charge in [-0.05, 0) is 98.3 Å². The summed E-state index contributed by atoms with van der Waals surface area (Å²) >= 11 is 7.80. The molecule has 7 rings (SSSR count). The van der Waals surface area contributed by atoms with Crippen LogP contribution in [0.25, 0.3) is 22.0 Å². The van der Waals surface area contributed by atoms with Crippen molar-refractivity contribution in [3.8, 4) is 11.1 Å². The third-order valence-corrected chi connectivity index (χ3v) is 12.9. The summed E-state index contributed by atoms with van der Waals surface area (Å²) in [4.78, 5) is 28.1. The van der Waals surface area contributed by atoms with E-state index in [1.54, 1.807) is 11.8 Å². The Morgan fingerprint density at radius 1 is 0.897 bits per heavy atom. The van der Waals surface area contributed by atoms with Gasteiger partial charge in [0.15, 0.2) is 5.82 Å². The lowest BCUT2D eigenvalue weighted by Crippen LogP contribution is -2.46. The molecule has 0 amide bonds. The number of nitro benzene ring substituents is 1. The standard InChI is InChI=1S/C43H45ClN8O4S2/c1-49(2)21-20-34(29-57-36-9-4-3-5-10-36)47-40-19-17-37(27-42(40)52(53)54)58(55,56)48-43-39-18-16-35(26-41(39)45-30-46-43)51-24-22-50(23-25-51)28-32-8-6-7-11-38(32)31-12-14-33(44)15-13-31/h3-19,26-27,30,34,47H,20-25,28-29H2,1-2H3,(H,45,46,48). The average Bonchev–Trinajstić information content (AvgIpc) is 3.23. The van der Waals surface area contributed by atoms with E-state index in [1.807, 2.05) is 74.8 Å². The number of halogens is 1. The lowest BCUT2D eigenvalue weighted by Gasteiger charge is -2.36. The molecular weight excluding hydrogens is 792 g/mol. The van der Waals surface area contributed by atoms with Gasteiger partial charge in [0, 0.05) is 71.6 Å². The largest absolute Gasteiger partial charge is 0.376 e. The van der Waals surface area contributed by atoms with Gasteiger partial charge in [-0.15, -0.1) is 11.8 Å². The number of fused-ring (bicyclic) bond motifs is 1. The van der Waals surface area contributed by atoms with Crippen LogP contribution in [0.15, 0.2) is 131 Å². The van der Waals surface area contributed by atoms with E-state index < -0.39 is 14.9 Å². The number of nitrogens with one attached hydrogen (secondary N) is 2. The third-order valence-electron chi connectivity index (χ3n) is 10.1. The molecular formula is C43H45ClN8O4S2. The summed E-state index contributed by atoms with van der Waals surface area (Å²) in [6.07, 6.45) is 2.04. The number of hydrogen-bond acceptors (Lipinski definition) is 11. The summed E-state index contributed by atoms with van der Waals surface area (Å²) in [5, 5.41) is 16.9. The number of benzene rings is 5. The summed E-state index contributed by atoms with van der Waals surface area (Å²) in [6, 6.07) is 35.9. The fourth-order valence-electron chi connectivity index (χ4n) is 6.98. The lowest BCUT2D eigenvalue weighted by molar-refractivity contribution is -0.384. The second-order valence-corrected chi connectivity index (χ2v) is 17.7. The first-order valence-electron chi connectivity index (χ1n) is 19.0. The maximum absolute atomic E-state index is 13.7. The summed E-state index contributed by atoms with van der Waals surface area (Å²) < 4.78 is 30.0. The van der Waals surface area contributed by atoms with Crippen molar-refractivity contribution in [2.45, 2.75) is 28.8 Å². The average molecular weight is 837 g/mol. The van der Waals surface area contributed by atoms with Crippen LogP contribution in [0, 0.1) is 10.1 Å². The van der Waals surface area contributed by atoms with E-state index in [1.165, 1.54) is 29.6 Å². The molecule has 0 aliphatic carbocycles. The van der Waals surface area contributed by atoms with Gasteiger partial charge in [0.25, 0.3) is 15.7 Å². The fourth-order valence-corrected chi connectivity index (χ4v) is 9.15. The van der Waals surface area contributed by atoms with Crippen molar-refractivity contribution in [1.82, 2.24) is 19.8 Å². The Bertz CT molecular complexity index is 2470. The van der Waals surface area contributed by atoms with Crippen molar-refractivity contribution < 1.29 is 13.3 Å².